The molecule has 0 radical (unpaired) electrons. The average Bonchev–Trinajstić information content (AvgIpc) is 2.36. The molecule has 2 N–H and O–H groups in total. The zero-order chi connectivity index (χ0) is 14.3. The van der Waals surface area contributed by atoms with Crippen LogP contribution < -0.4 is 11.0 Å². The highest BCUT2D eigenvalue weighted by Gasteiger charge is 2.05. The Kier molecular flexibility index (Phi) is 6.25. The van der Waals surface area contributed by atoms with Gasteiger partial charge in [0.05, 0.1) is 0 Å². The van der Waals surface area contributed by atoms with Gasteiger partial charge in [0.15, 0.2) is 0 Å². The predicted octanol–water partition coefficient (Wildman–Crippen LogP) is 3.01. The Hall–Kier alpha value is -1.65. The Morgan fingerprint density at radius 3 is 2.37 bits per heavy atom. The number of rotatable bonds is 7. The second-order valence-electron chi connectivity index (χ2n) is 4.62. The van der Waals surface area contributed by atoms with Gasteiger partial charge in [0.25, 0.3) is 5.56 Å². The molecule has 0 saturated carbocycles. The van der Waals surface area contributed by atoms with Crippen LogP contribution in [0.15, 0.2) is 9.90 Å². The number of hydrogen-bond donors (Lipinski definition) is 2. The summed E-state index contributed by atoms with van der Waals surface area (Å²) in [5.74, 6) is 0.421. The van der Waals surface area contributed by atoms with Crippen molar-refractivity contribution < 1.29 is 0 Å². The fourth-order valence-corrected chi connectivity index (χ4v) is 2.03. The third-order valence-corrected chi connectivity index (χ3v) is 2.97. The normalized spacial score (nSPS) is 10.3. The van der Waals surface area contributed by atoms with E-state index in [0.717, 1.165) is 42.7 Å². The van der Waals surface area contributed by atoms with E-state index in [4.69, 9.17) is 0 Å². The van der Waals surface area contributed by atoms with E-state index in [9.17, 15) is 4.79 Å². The molecule has 19 heavy (non-hydrogen) atoms. The number of anilines is 1. The first kappa shape index (κ1) is 15.4. The summed E-state index contributed by atoms with van der Waals surface area (Å²) in [4.78, 5) is 18.8. The van der Waals surface area contributed by atoms with Crippen LogP contribution in [0.5, 0.6) is 0 Å². The third-order valence-electron chi connectivity index (χ3n) is 2.97. The minimum absolute atomic E-state index is 0.0831. The number of hydrazone groups is 1. The summed E-state index contributed by atoms with van der Waals surface area (Å²) in [6.07, 6.45) is 4.76. The van der Waals surface area contributed by atoms with Crippen LogP contribution in [0.3, 0.4) is 0 Å². The predicted molar refractivity (Wildman–Crippen MR) is 79.8 cm³/mol. The number of aromatic amines is 1. The molecular formula is C14H24N4O. The van der Waals surface area contributed by atoms with Crippen molar-refractivity contribution in [2.45, 2.75) is 59.8 Å². The topological polar surface area (TPSA) is 70.1 Å². The van der Waals surface area contributed by atoms with Gasteiger partial charge in [-0.1, -0.05) is 33.6 Å². The molecule has 0 amide bonds. The first-order valence-corrected chi connectivity index (χ1v) is 7.03. The molecule has 0 fully saturated rings. The van der Waals surface area contributed by atoms with Gasteiger partial charge in [0.1, 0.15) is 0 Å². The molecule has 1 aromatic rings. The summed E-state index contributed by atoms with van der Waals surface area (Å²) in [5, 5.41) is 4.35. The molecule has 0 aliphatic rings. The minimum Gasteiger partial charge on any atom is -0.291 e. The Morgan fingerprint density at radius 2 is 1.89 bits per heavy atom. The van der Waals surface area contributed by atoms with E-state index < -0.39 is 0 Å². The Balaban J connectivity index is 2.87. The second kappa shape index (κ2) is 7.71. The van der Waals surface area contributed by atoms with Crippen molar-refractivity contribution in [2.24, 2.45) is 5.10 Å². The van der Waals surface area contributed by atoms with Crippen molar-refractivity contribution >= 4 is 11.7 Å². The minimum atomic E-state index is -0.0831. The van der Waals surface area contributed by atoms with Crippen LogP contribution in [0.1, 0.15) is 57.7 Å². The van der Waals surface area contributed by atoms with E-state index in [0.29, 0.717) is 12.4 Å². The van der Waals surface area contributed by atoms with Gasteiger partial charge in [-0.2, -0.15) is 5.10 Å². The molecule has 0 saturated heterocycles. The molecular weight excluding hydrogens is 240 g/mol. The van der Waals surface area contributed by atoms with Crippen LogP contribution in [-0.2, 0) is 6.42 Å². The van der Waals surface area contributed by atoms with Gasteiger partial charge in [-0.25, -0.2) is 10.4 Å². The average molecular weight is 264 g/mol. The van der Waals surface area contributed by atoms with Crippen molar-refractivity contribution in [3.63, 3.8) is 0 Å². The maximum absolute atomic E-state index is 11.8. The molecule has 1 rings (SSSR count). The first-order valence-electron chi connectivity index (χ1n) is 7.03. The highest BCUT2D eigenvalue weighted by Crippen LogP contribution is 2.05. The Bertz CT molecular complexity index is 483. The largest absolute Gasteiger partial charge is 0.291 e. The number of nitrogens with zero attached hydrogens (tertiary/aromatic N) is 2. The zero-order valence-corrected chi connectivity index (χ0v) is 12.3. The van der Waals surface area contributed by atoms with Gasteiger partial charge in [0, 0.05) is 17.0 Å². The van der Waals surface area contributed by atoms with Crippen LogP contribution in [-0.4, -0.2) is 15.7 Å². The monoisotopic (exact) mass is 264 g/mol. The van der Waals surface area contributed by atoms with Gasteiger partial charge in [-0.3, -0.25) is 9.78 Å². The van der Waals surface area contributed by atoms with E-state index in [1.54, 1.807) is 0 Å². The van der Waals surface area contributed by atoms with Gasteiger partial charge < -0.3 is 0 Å². The fourth-order valence-electron chi connectivity index (χ4n) is 2.03. The fraction of sp³-hybridized carbons (Fsp3) is 0.643. The molecule has 1 aromatic heterocycles. The first-order chi connectivity index (χ1) is 9.12. The maximum Gasteiger partial charge on any atom is 0.255 e. The van der Waals surface area contributed by atoms with Crippen LogP contribution >= 0.6 is 0 Å². The van der Waals surface area contributed by atoms with E-state index >= 15 is 0 Å². The van der Waals surface area contributed by atoms with E-state index in [1.165, 1.54) is 0 Å². The lowest BCUT2D eigenvalue weighted by molar-refractivity contribution is 0.902. The molecule has 5 heteroatoms. The van der Waals surface area contributed by atoms with E-state index in [-0.39, 0.29) is 5.56 Å². The van der Waals surface area contributed by atoms with Crippen LogP contribution in [0, 0.1) is 6.92 Å². The highest BCUT2D eigenvalue weighted by atomic mass is 16.1. The molecule has 0 aliphatic heterocycles. The zero-order valence-electron chi connectivity index (χ0n) is 12.3. The Morgan fingerprint density at radius 1 is 1.26 bits per heavy atom. The quantitative estimate of drug-likeness (QED) is 0.587. The van der Waals surface area contributed by atoms with Crippen LogP contribution in [0.4, 0.5) is 5.95 Å². The highest BCUT2D eigenvalue weighted by molar-refractivity contribution is 5.84. The van der Waals surface area contributed by atoms with E-state index in [2.05, 4.69) is 34.3 Å². The molecule has 0 aromatic carbocycles. The summed E-state index contributed by atoms with van der Waals surface area (Å²) in [7, 11) is 0. The lowest BCUT2D eigenvalue weighted by Crippen LogP contribution is -2.18. The lowest BCUT2D eigenvalue weighted by atomic mass is 10.1. The van der Waals surface area contributed by atoms with Gasteiger partial charge >= 0.3 is 0 Å². The molecule has 106 valence electrons. The summed E-state index contributed by atoms with van der Waals surface area (Å²) in [6, 6.07) is 0. The smallest absolute Gasteiger partial charge is 0.255 e. The molecule has 0 aliphatic carbocycles. The maximum atomic E-state index is 11.8. The number of nitrogens with one attached hydrogen (secondary N) is 2. The summed E-state index contributed by atoms with van der Waals surface area (Å²) in [5.41, 5.74) is 5.39. The number of hydrogen-bond acceptors (Lipinski definition) is 4. The molecule has 0 spiro atoms. The standard InChI is InChI=1S/C14H24N4O/c1-5-8-11(9-6-2)17-18-14-15-10(4)12(7-3)13(19)16-14/h5-9H2,1-4H3,(H2,15,16,18,19). The lowest BCUT2D eigenvalue weighted by Gasteiger charge is -2.07. The van der Waals surface area contributed by atoms with Crippen molar-refractivity contribution in [3.05, 3.63) is 21.6 Å². The summed E-state index contributed by atoms with van der Waals surface area (Å²) >= 11 is 0. The van der Waals surface area contributed by atoms with E-state index in [1.807, 2.05) is 13.8 Å². The van der Waals surface area contributed by atoms with Gasteiger partial charge in [0.2, 0.25) is 5.95 Å². The Labute approximate surface area is 114 Å². The number of aryl methyl sites for hydroxylation is 1. The molecule has 0 atom stereocenters. The molecule has 0 bridgehead atoms. The van der Waals surface area contributed by atoms with Gasteiger partial charge in [-0.05, 0) is 26.2 Å². The number of H-pyrrole nitrogens is 1. The second-order valence-corrected chi connectivity index (χ2v) is 4.62. The molecule has 1 heterocycles. The van der Waals surface area contributed by atoms with Crippen molar-refractivity contribution in [2.75, 3.05) is 5.43 Å². The van der Waals surface area contributed by atoms with Crippen LogP contribution in [0.25, 0.3) is 0 Å². The molecule has 0 unspecified atom stereocenters. The van der Waals surface area contributed by atoms with Crippen molar-refractivity contribution in [1.29, 1.82) is 0 Å². The van der Waals surface area contributed by atoms with Crippen LogP contribution in [0.2, 0.25) is 0 Å². The third kappa shape index (κ3) is 4.50. The SMILES string of the molecule is CCCC(CCC)=NNc1nc(C)c(CC)c(=O)[nH]1. The number of aromatic nitrogens is 2. The summed E-state index contributed by atoms with van der Waals surface area (Å²) in [6.45, 7) is 8.06. The van der Waals surface area contributed by atoms with Gasteiger partial charge in [-0.15, -0.1) is 0 Å². The molecule has 5 nitrogen and oxygen atoms in total. The van der Waals surface area contributed by atoms with Crippen molar-refractivity contribution in [1.82, 2.24) is 9.97 Å². The summed E-state index contributed by atoms with van der Waals surface area (Å²) < 4.78 is 0. The van der Waals surface area contributed by atoms with Crippen molar-refractivity contribution in [3.8, 4) is 0 Å².